The Kier molecular flexibility index (Phi) is 4.89. The second kappa shape index (κ2) is 6.94. The second-order valence-electron chi connectivity index (χ2n) is 7.12. The average molecular weight is 428 g/mol. The molecule has 0 spiro atoms. The van der Waals surface area contributed by atoms with Crippen LogP contribution in [0.15, 0.2) is 41.3 Å². The van der Waals surface area contributed by atoms with E-state index in [4.69, 9.17) is 27.9 Å². The van der Waals surface area contributed by atoms with Crippen LogP contribution in [0.4, 0.5) is 0 Å². The number of likely N-dealkylation sites (tertiary alicyclic amines) is 1. The predicted molar refractivity (Wildman–Crippen MR) is 104 cm³/mol. The molecule has 0 bridgehead atoms. The summed E-state index contributed by atoms with van der Waals surface area (Å²) in [5, 5.41) is 10.8. The van der Waals surface area contributed by atoms with E-state index in [1.807, 2.05) is 6.07 Å². The molecule has 1 N–H and O–H groups in total. The van der Waals surface area contributed by atoms with Crippen molar-refractivity contribution in [2.24, 2.45) is 0 Å². The van der Waals surface area contributed by atoms with Crippen molar-refractivity contribution < 1.29 is 18.3 Å². The van der Waals surface area contributed by atoms with Crippen molar-refractivity contribution in [1.29, 1.82) is 0 Å². The SMILES string of the molecule is CS(=O)(=O)c1ccc(OC2c3cc(Cl)cc(Cl)c3CC2N2CC(O)C2)cc1. The zero-order valence-corrected chi connectivity index (χ0v) is 16.9. The molecule has 5 nitrogen and oxygen atoms in total. The fourth-order valence-electron chi connectivity index (χ4n) is 3.75. The lowest BCUT2D eigenvalue weighted by Crippen LogP contribution is -2.57. The van der Waals surface area contributed by atoms with Crippen LogP contribution in [0.5, 0.6) is 5.75 Å². The highest BCUT2D eigenvalue weighted by atomic mass is 35.5. The summed E-state index contributed by atoms with van der Waals surface area (Å²) in [6.45, 7) is 1.19. The molecule has 1 fully saturated rings. The molecular formula is C19H19Cl2NO4S. The van der Waals surface area contributed by atoms with Crippen LogP contribution in [0.25, 0.3) is 0 Å². The van der Waals surface area contributed by atoms with E-state index in [0.717, 1.165) is 11.1 Å². The number of nitrogens with zero attached hydrogens (tertiary/aromatic N) is 1. The summed E-state index contributed by atoms with van der Waals surface area (Å²) in [4.78, 5) is 2.42. The normalized spacial score (nSPS) is 23.1. The molecule has 1 aliphatic carbocycles. The average Bonchev–Trinajstić information content (AvgIpc) is 2.90. The minimum Gasteiger partial charge on any atom is -0.484 e. The van der Waals surface area contributed by atoms with Gasteiger partial charge in [-0.3, -0.25) is 4.90 Å². The van der Waals surface area contributed by atoms with Gasteiger partial charge in [-0.25, -0.2) is 8.42 Å². The number of β-amino-alcohol motifs (C(OH)–C–C–N with tert-alkyl or cyclic N) is 1. The molecule has 2 aromatic carbocycles. The molecule has 2 aromatic rings. The maximum Gasteiger partial charge on any atom is 0.175 e. The standard InChI is InChI=1S/C19H19Cl2NO4S/c1-27(24,25)14-4-2-13(3-5-14)26-19-16-6-11(20)7-17(21)15(16)8-18(19)22-9-12(23)10-22/h2-7,12,18-19,23H,8-10H2,1H3. The van der Waals surface area contributed by atoms with Crippen molar-refractivity contribution in [3.05, 3.63) is 57.6 Å². The monoisotopic (exact) mass is 427 g/mol. The first-order chi connectivity index (χ1) is 12.7. The van der Waals surface area contributed by atoms with E-state index < -0.39 is 9.84 Å². The molecule has 1 saturated heterocycles. The minimum absolute atomic E-state index is 0.0361. The quantitative estimate of drug-likeness (QED) is 0.811. The summed E-state index contributed by atoms with van der Waals surface area (Å²) < 4.78 is 29.5. The fourth-order valence-corrected chi connectivity index (χ4v) is 4.97. The van der Waals surface area contributed by atoms with E-state index in [-0.39, 0.29) is 23.1 Å². The Balaban J connectivity index is 1.66. The Labute approximate surface area is 168 Å². The van der Waals surface area contributed by atoms with Crippen LogP contribution in [0, 0.1) is 0 Å². The van der Waals surface area contributed by atoms with Gasteiger partial charge in [0.05, 0.1) is 17.0 Å². The molecule has 0 saturated carbocycles. The number of aliphatic hydroxyl groups is 1. The third-order valence-electron chi connectivity index (χ3n) is 5.14. The van der Waals surface area contributed by atoms with Crippen molar-refractivity contribution in [3.63, 3.8) is 0 Å². The van der Waals surface area contributed by atoms with Crippen LogP contribution in [0.1, 0.15) is 17.2 Å². The summed E-state index contributed by atoms with van der Waals surface area (Å²) in [6, 6.07) is 10.0. The van der Waals surface area contributed by atoms with E-state index in [1.165, 1.54) is 18.4 Å². The number of hydrogen-bond acceptors (Lipinski definition) is 5. The third kappa shape index (κ3) is 3.69. The minimum atomic E-state index is -3.26. The van der Waals surface area contributed by atoms with Crippen LogP contribution >= 0.6 is 23.2 Å². The van der Waals surface area contributed by atoms with E-state index in [0.29, 0.717) is 35.3 Å². The first-order valence-electron chi connectivity index (χ1n) is 8.59. The Morgan fingerprint density at radius 1 is 1.15 bits per heavy atom. The molecule has 2 aliphatic rings. The van der Waals surface area contributed by atoms with Gasteiger partial charge in [0.15, 0.2) is 9.84 Å². The van der Waals surface area contributed by atoms with Gasteiger partial charge >= 0.3 is 0 Å². The summed E-state index contributed by atoms with van der Waals surface area (Å²) >= 11 is 12.6. The molecule has 1 heterocycles. The van der Waals surface area contributed by atoms with Crippen molar-refractivity contribution >= 4 is 33.0 Å². The molecule has 2 atom stereocenters. The van der Waals surface area contributed by atoms with Crippen LogP contribution in [-0.4, -0.2) is 49.9 Å². The number of aliphatic hydroxyl groups excluding tert-OH is 1. The predicted octanol–water partition coefficient (Wildman–Crippen LogP) is 3.12. The van der Waals surface area contributed by atoms with Crippen molar-refractivity contribution in [2.45, 2.75) is 29.6 Å². The Morgan fingerprint density at radius 2 is 1.81 bits per heavy atom. The molecule has 0 aromatic heterocycles. The number of halogens is 2. The van der Waals surface area contributed by atoms with Gasteiger partial charge in [0, 0.05) is 35.0 Å². The largest absolute Gasteiger partial charge is 0.484 e. The van der Waals surface area contributed by atoms with Gasteiger partial charge in [-0.2, -0.15) is 0 Å². The molecule has 0 amide bonds. The van der Waals surface area contributed by atoms with E-state index >= 15 is 0 Å². The lowest BCUT2D eigenvalue weighted by molar-refractivity contribution is -0.0501. The molecule has 1 aliphatic heterocycles. The molecule has 8 heteroatoms. The van der Waals surface area contributed by atoms with Gasteiger partial charge in [-0.15, -0.1) is 0 Å². The highest BCUT2D eigenvalue weighted by Gasteiger charge is 2.43. The van der Waals surface area contributed by atoms with Gasteiger partial charge in [-0.05, 0) is 48.4 Å². The smallest absolute Gasteiger partial charge is 0.175 e. The van der Waals surface area contributed by atoms with Gasteiger partial charge < -0.3 is 9.84 Å². The van der Waals surface area contributed by atoms with E-state index in [2.05, 4.69) is 4.90 Å². The number of rotatable bonds is 4. The topological polar surface area (TPSA) is 66.8 Å². The fraction of sp³-hybridized carbons (Fsp3) is 0.368. The number of ether oxygens (including phenoxy) is 1. The molecular weight excluding hydrogens is 409 g/mol. The van der Waals surface area contributed by atoms with Crippen molar-refractivity contribution in [3.8, 4) is 5.75 Å². The maximum absolute atomic E-state index is 11.6. The first-order valence-corrected chi connectivity index (χ1v) is 11.2. The molecule has 4 rings (SSSR count). The Bertz CT molecular complexity index is 972. The van der Waals surface area contributed by atoms with E-state index in [9.17, 15) is 13.5 Å². The molecule has 144 valence electrons. The first kappa shape index (κ1) is 19.0. The van der Waals surface area contributed by atoms with Crippen molar-refractivity contribution in [1.82, 2.24) is 4.90 Å². The van der Waals surface area contributed by atoms with Gasteiger partial charge in [0.2, 0.25) is 0 Å². The summed E-state index contributed by atoms with van der Waals surface area (Å²) in [6.07, 6.45) is 1.27. The summed E-state index contributed by atoms with van der Waals surface area (Å²) in [5.41, 5.74) is 1.94. The Hall–Kier alpha value is -1.31. The Morgan fingerprint density at radius 3 is 2.41 bits per heavy atom. The van der Waals surface area contributed by atoms with Crippen LogP contribution in [0.2, 0.25) is 10.0 Å². The van der Waals surface area contributed by atoms with Crippen LogP contribution < -0.4 is 4.74 Å². The van der Waals surface area contributed by atoms with Gasteiger partial charge in [0.25, 0.3) is 0 Å². The molecule has 0 radical (unpaired) electrons. The van der Waals surface area contributed by atoms with Crippen LogP contribution in [-0.2, 0) is 16.3 Å². The lowest BCUT2D eigenvalue weighted by atomic mass is 10.0. The number of hydrogen-bond donors (Lipinski definition) is 1. The zero-order chi connectivity index (χ0) is 19.3. The van der Waals surface area contributed by atoms with Crippen molar-refractivity contribution in [2.75, 3.05) is 19.3 Å². The second-order valence-corrected chi connectivity index (χ2v) is 9.98. The third-order valence-corrected chi connectivity index (χ3v) is 6.82. The maximum atomic E-state index is 11.6. The highest BCUT2D eigenvalue weighted by Crippen LogP contribution is 2.43. The molecule has 2 unspecified atom stereocenters. The van der Waals surface area contributed by atoms with Gasteiger partial charge in [-0.1, -0.05) is 23.2 Å². The van der Waals surface area contributed by atoms with Gasteiger partial charge in [0.1, 0.15) is 11.9 Å². The number of fused-ring (bicyclic) bond motifs is 1. The number of sulfone groups is 1. The summed E-state index contributed by atoms with van der Waals surface area (Å²) in [5.74, 6) is 0.572. The number of benzene rings is 2. The van der Waals surface area contributed by atoms with E-state index in [1.54, 1.807) is 18.2 Å². The molecule has 27 heavy (non-hydrogen) atoms. The lowest BCUT2D eigenvalue weighted by Gasteiger charge is -2.42. The van der Waals surface area contributed by atoms with Crippen LogP contribution in [0.3, 0.4) is 0 Å². The zero-order valence-electron chi connectivity index (χ0n) is 14.6. The summed E-state index contributed by atoms with van der Waals surface area (Å²) in [7, 11) is -3.26. The highest BCUT2D eigenvalue weighted by molar-refractivity contribution is 7.90.